The van der Waals surface area contributed by atoms with Crippen LogP contribution in [0.1, 0.15) is 19.5 Å². The van der Waals surface area contributed by atoms with Crippen LogP contribution in [0.5, 0.6) is 5.75 Å². The van der Waals surface area contributed by atoms with Crippen molar-refractivity contribution in [1.82, 2.24) is 9.88 Å². The summed E-state index contributed by atoms with van der Waals surface area (Å²) in [7, 11) is 1.69. The second-order valence-electron chi connectivity index (χ2n) is 5.15. The van der Waals surface area contributed by atoms with Crippen LogP contribution in [0.4, 0.5) is 5.69 Å². The number of anilines is 1. The average Bonchev–Trinajstić information content (AvgIpc) is 2.51. The van der Waals surface area contributed by atoms with Crippen molar-refractivity contribution < 1.29 is 4.74 Å². The lowest BCUT2D eigenvalue weighted by molar-refractivity contribution is 0.316. The van der Waals surface area contributed by atoms with Gasteiger partial charge in [-0.1, -0.05) is 13.8 Å². The maximum absolute atomic E-state index is 5.32. The fourth-order valence-electron chi connectivity index (χ4n) is 2.50. The maximum Gasteiger partial charge on any atom is 0.119 e. The Balaban J connectivity index is 2.21. The minimum Gasteiger partial charge on any atom is -0.497 e. The largest absolute Gasteiger partial charge is 0.497 e. The molecular formula is C17H25N3O. The maximum atomic E-state index is 5.32. The highest BCUT2D eigenvalue weighted by atomic mass is 16.5. The van der Waals surface area contributed by atoms with Gasteiger partial charge in [0.25, 0.3) is 0 Å². The summed E-state index contributed by atoms with van der Waals surface area (Å²) in [4.78, 5) is 6.99. The number of hydrogen-bond donors (Lipinski definition) is 1. The average molecular weight is 287 g/mol. The Morgan fingerprint density at radius 2 is 1.95 bits per heavy atom. The number of benzene rings is 1. The summed E-state index contributed by atoms with van der Waals surface area (Å²) < 4.78 is 5.32. The molecule has 0 saturated carbocycles. The minimum atomic E-state index is 0.861. The van der Waals surface area contributed by atoms with Crippen molar-refractivity contribution in [3.8, 4) is 5.75 Å². The molecule has 0 unspecified atom stereocenters. The molecule has 0 amide bonds. The van der Waals surface area contributed by atoms with Gasteiger partial charge in [0, 0.05) is 29.9 Å². The molecule has 1 aromatic carbocycles. The quantitative estimate of drug-likeness (QED) is 0.848. The van der Waals surface area contributed by atoms with Crippen LogP contribution in [0.25, 0.3) is 10.9 Å². The summed E-state index contributed by atoms with van der Waals surface area (Å²) in [6.45, 7) is 10.6. The summed E-state index contributed by atoms with van der Waals surface area (Å²) in [6.07, 6.45) is 0. The Morgan fingerprint density at radius 1 is 1.19 bits per heavy atom. The van der Waals surface area contributed by atoms with Crippen molar-refractivity contribution in [2.45, 2.75) is 20.8 Å². The minimum absolute atomic E-state index is 0.861. The predicted molar refractivity (Wildman–Crippen MR) is 89.3 cm³/mol. The molecule has 0 aliphatic heterocycles. The van der Waals surface area contributed by atoms with Gasteiger partial charge in [-0.25, -0.2) is 0 Å². The Labute approximate surface area is 127 Å². The van der Waals surface area contributed by atoms with Gasteiger partial charge in [0.1, 0.15) is 5.75 Å². The van der Waals surface area contributed by atoms with E-state index >= 15 is 0 Å². The van der Waals surface area contributed by atoms with Gasteiger partial charge < -0.3 is 15.0 Å². The molecule has 0 aliphatic rings. The number of likely N-dealkylation sites (N-methyl/N-ethyl adjacent to an activating group) is 1. The van der Waals surface area contributed by atoms with E-state index in [0.29, 0.717) is 0 Å². The molecule has 4 nitrogen and oxygen atoms in total. The first-order valence-corrected chi connectivity index (χ1v) is 7.59. The van der Waals surface area contributed by atoms with Crippen LogP contribution >= 0.6 is 0 Å². The van der Waals surface area contributed by atoms with E-state index < -0.39 is 0 Å². The smallest absolute Gasteiger partial charge is 0.119 e. The molecule has 1 N–H and O–H groups in total. The monoisotopic (exact) mass is 287 g/mol. The highest BCUT2D eigenvalue weighted by molar-refractivity contribution is 5.92. The lowest BCUT2D eigenvalue weighted by Gasteiger charge is -2.19. The van der Waals surface area contributed by atoms with Crippen molar-refractivity contribution in [2.24, 2.45) is 0 Å². The van der Waals surface area contributed by atoms with E-state index in [2.05, 4.69) is 35.1 Å². The van der Waals surface area contributed by atoms with Crippen molar-refractivity contribution in [3.05, 3.63) is 30.0 Å². The zero-order valence-electron chi connectivity index (χ0n) is 13.4. The van der Waals surface area contributed by atoms with Crippen LogP contribution in [0.3, 0.4) is 0 Å². The highest BCUT2D eigenvalue weighted by Crippen LogP contribution is 2.27. The molecule has 0 atom stereocenters. The van der Waals surface area contributed by atoms with Crippen LogP contribution in [0.15, 0.2) is 24.3 Å². The number of nitrogens with one attached hydrogen (secondary N) is 1. The number of ether oxygens (including phenoxy) is 1. The second-order valence-corrected chi connectivity index (χ2v) is 5.15. The van der Waals surface area contributed by atoms with Gasteiger partial charge in [-0.2, -0.15) is 0 Å². The number of aryl methyl sites for hydroxylation is 1. The van der Waals surface area contributed by atoms with E-state index in [0.717, 1.165) is 54.2 Å². The van der Waals surface area contributed by atoms with Gasteiger partial charge in [-0.15, -0.1) is 0 Å². The Bertz CT molecular complexity index is 594. The first-order chi connectivity index (χ1) is 10.2. The van der Waals surface area contributed by atoms with Gasteiger partial charge in [0.15, 0.2) is 0 Å². The van der Waals surface area contributed by atoms with Crippen molar-refractivity contribution in [3.63, 3.8) is 0 Å². The lowest BCUT2D eigenvalue weighted by atomic mass is 10.1. The summed E-state index contributed by atoms with van der Waals surface area (Å²) in [5.74, 6) is 0.861. The second kappa shape index (κ2) is 7.27. The topological polar surface area (TPSA) is 37.4 Å². The Hall–Kier alpha value is -1.81. The van der Waals surface area contributed by atoms with Gasteiger partial charge in [-0.3, -0.25) is 4.98 Å². The first-order valence-electron chi connectivity index (χ1n) is 7.59. The van der Waals surface area contributed by atoms with E-state index in [1.807, 2.05) is 25.1 Å². The predicted octanol–water partition coefficient (Wildman–Crippen LogP) is 3.31. The molecule has 0 aliphatic carbocycles. The SMILES string of the molecule is CCN(CC)CCNc1cc(C)nc2ccc(OC)cc12. The molecule has 4 heteroatoms. The number of fused-ring (bicyclic) bond motifs is 1. The van der Waals surface area contributed by atoms with Crippen molar-refractivity contribution in [1.29, 1.82) is 0 Å². The van der Waals surface area contributed by atoms with Crippen LogP contribution in [0.2, 0.25) is 0 Å². The van der Waals surface area contributed by atoms with E-state index in [1.165, 1.54) is 0 Å². The zero-order chi connectivity index (χ0) is 15.2. The van der Waals surface area contributed by atoms with Crippen LogP contribution in [-0.2, 0) is 0 Å². The molecule has 1 aromatic heterocycles. The molecule has 0 radical (unpaired) electrons. The molecule has 114 valence electrons. The summed E-state index contributed by atoms with van der Waals surface area (Å²) in [5, 5.41) is 4.65. The molecule has 0 saturated heterocycles. The molecule has 1 heterocycles. The van der Waals surface area contributed by atoms with Crippen LogP contribution in [-0.4, -0.2) is 43.2 Å². The lowest BCUT2D eigenvalue weighted by Crippen LogP contribution is -2.28. The van der Waals surface area contributed by atoms with Crippen molar-refractivity contribution >= 4 is 16.6 Å². The van der Waals surface area contributed by atoms with Gasteiger partial charge in [-0.05, 0) is 44.3 Å². The summed E-state index contributed by atoms with van der Waals surface area (Å²) >= 11 is 0. The molecule has 0 fully saturated rings. The molecular weight excluding hydrogens is 262 g/mol. The number of nitrogens with zero attached hydrogens (tertiary/aromatic N) is 2. The number of pyridine rings is 1. The summed E-state index contributed by atoms with van der Waals surface area (Å²) in [5.41, 5.74) is 3.16. The summed E-state index contributed by atoms with van der Waals surface area (Å²) in [6, 6.07) is 8.11. The normalized spacial score (nSPS) is 11.1. The Morgan fingerprint density at radius 3 is 2.62 bits per heavy atom. The third-order valence-electron chi connectivity index (χ3n) is 3.78. The van der Waals surface area contributed by atoms with E-state index in [4.69, 9.17) is 4.74 Å². The van der Waals surface area contributed by atoms with Gasteiger partial charge >= 0.3 is 0 Å². The van der Waals surface area contributed by atoms with Gasteiger partial charge in [0.05, 0.1) is 12.6 Å². The van der Waals surface area contributed by atoms with E-state index in [1.54, 1.807) is 7.11 Å². The fourth-order valence-corrected chi connectivity index (χ4v) is 2.50. The molecule has 2 aromatic rings. The standard InChI is InChI=1S/C17H25N3O/c1-5-20(6-2)10-9-18-17-11-13(3)19-16-8-7-14(21-4)12-15(16)17/h7-8,11-12H,5-6,9-10H2,1-4H3,(H,18,19). The Kier molecular flexibility index (Phi) is 5.39. The van der Waals surface area contributed by atoms with Crippen molar-refractivity contribution in [2.75, 3.05) is 38.6 Å². The van der Waals surface area contributed by atoms with Crippen LogP contribution < -0.4 is 10.1 Å². The third kappa shape index (κ3) is 3.85. The molecule has 2 rings (SSSR count). The molecule has 0 spiro atoms. The van der Waals surface area contributed by atoms with Crippen LogP contribution in [0, 0.1) is 6.92 Å². The number of methoxy groups -OCH3 is 1. The third-order valence-corrected chi connectivity index (χ3v) is 3.78. The van der Waals surface area contributed by atoms with Gasteiger partial charge in [0.2, 0.25) is 0 Å². The fraction of sp³-hybridized carbons (Fsp3) is 0.471. The first kappa shape index (κ1) is 15.6. The molecule has 0 bridgehead atoms. The van der Waals surface area contributed by atoms with E-state index in [9.17, 15) is 0 Å². The number of hydrogen-bond acceptors (Lipinski definition) is 4. The van der Waals surface area contributed by atoms with E-state index in [-0.39, 0.29) is 0 Å². The molecule has 21 heavy (non-hydrogen) atoms. The highest BCUT2D eigenvalue weighted by Gasteiger charge is 2.06. The number of aromatic nitrogens is 1. The number of rotatable bonds is 7. The zero-order valence-corrected chi connectivity index (χ0v) is 13.4.